The van der Waals surface area contributed by atoms with Gasteiger partial charge in [-0.3, -0.25) is 9.78 Å². The van der Waals surface area contributed by atoms with E-state index in [2.05, 4.69) is 55.7 Å². The number of ether oxygens (including phenoxy) is 2. The van der Waals surface area contributed by atoms with Gasteiger partial charge in [0.1, 0.15) is 24.3 Å². The van der Waals surface area contributed by atoms with Crippen molar-refractivity contribution in [1.82, 2.24) is 9.97 Å². The highest BCUT2D eigenvalue weighted by Gasteiger charge is 2.34. The van der Waals surface area contributed by atoms with E-state index in [-0.39, 0.29) is 11.2 Å². The maximum atomic E-state index is 13.1. The van der Waals surface area contributed by atoms with Crippen molar-refractivity contribution in [2.45, 2.75) is 86.9 Å². The van der Waals surface area contributed by atoms with Crippen LogP contribution in [-0.4, -0.2) is 54.6 Å². The zero-order valence-electron chi connectivity index (χ0n) is 27.9. The third-order valence-electron chi connectivity index (χ3n) is 8.45. The van der Waals surface area contributed by atoms with Crippen molar-refractivity contribution in [3.63, 3.8) is 0 Å². The smallest absolute Gasteiger partial charge is 0.163 e. The number of benzene rings is 1. The summed E-state index contributed by atoms with van der Waals surface area (Å²) in [5.74, 6) is 1.73. The fraction of sp³-hybridized carbons (Fsp3) is 0.528. The Morgan fingerprint density at radius 2 is 1.72 bits per heavy atom. The maximum Gasteiger partial charge on any atom is 0.163 e. The van der Waals surface area contributed by atoms with Crippen molar-refractivity contribution in [2.24, 2.45) is 5.41 Å². The molecule has 0 bridgehead atoms. The Labute approximate surface area is 258 Å². The molecule has 1 saturated heterocycles. The number of likely N-dealkylation sites (N-methyl/N-ethyl adjacent to an activating group) is 1. The van der Waals surface area contributed by atoms with Crippen LogP contribution in [0.1, 0.15) is 82.9 Å². The number of piperidine rings is 1. The molecule has 7 nitrogen and oxygen atoms in total. The first-order valence-corrected chi connectivity index (χ1v) is 15.5. The fourth-order valence-corrected chi connectivity index (χ4v) is 5.50. The van der Waals surface area contributed by atoms with Crippen molar-refractivity contribution < 1.29 is 14.3 Å². The number of carbonyl (C=O) groups is 1. The van der Waals surface area contributed by atoms with Gasteiger partial charge in [-0.15, -0.1) is 0 Å². The summed E-state index contributed by atoms with van der Waals surface area (Å²) in [4.78, 5) is 27.2. The molecule has 4 rings (SSSR count). The summed E-state index contributed by atoms with van der Waals surface area (Å²) < 4.78 is 12.4. The van der Waals surface area contributed by atoms with E-state index in [0.717, 1.165) is 65.6 Å². The lowest BCUT2D eigenvalue weighted by molar-refractivity contribution is -0.138. The lowest BCUT2D eigenvalue weighted by atomic mass is 9.82. The van der Waals surface area contributed by atoms with Gasteiger partial charge in [-0.05, 0) is 102 Å². The largest absolute Gasteiger partial charge is 0.492 e. The van der Waals surface area contributed by atoms with Crippen molar-refractivity contribution in [2.75, 3.05) is 43.1 Å². The molecule has 0 aliphatic carbocycles. The number of carbonyl (C=O) groups excluding carboxylic acids is 1. The molecule has 1 fully saturated rings. The second-order valence-corrected chi connectivity index (χ2v) is 13.8. The van der Waals surface area contributed by atoms with Gasteiger partial charge < -0.3 is 19.3 Å². The lowest BCUT2D eigenvalue weighted by Crippen LogP contribution is -2.39. The molecule has 1 aliphatic heterocycles. The van der Waals surface area contributed by atoms with E-state index >= 15 is 0 Å². The van der Waals surface area contributed by atoms with E-state index in [0.29, 0.717) is 13.2 Å². The summed E-state index contributed by atoms with van der Waals surface area (Å²) in [6, 6.07) is 10.3. The Kier molecular flexibility index (Phi) is 9.85. The number of aromatic nitrogens is 2. The number of ketones is 1. The average Bonchev–Trinajstić information content (AvgIpc) is 2.93. The van der Waals surface area contributed by atoms with Crippen LogP contribution in [0, 0.1) is 26.2 Å². The Morgan fingerprint density at radius 1 is 1.02 bits per heavy atom. The monoisotopic (exact) mass is 586 g/mol. The summed E-state index contributed by atoms with van der Waals surface area (Å²) in [6.07, 6.45) is 5.29. The van der Waals surface area contributed by atoms with Gasteiger partial charge in [0.25, 0.3) is 0 Å². The molecule has 0 unspecified atom stereocenters. The second kappa shape index (κ2) is 13.0. The van der Waals surface area contributed by atoms with Gasteiger partial charge in [-0.1, -0.05) is 19.9 Å². The Balaban J connectivity index is 1.63. The molecule has 1 aliphatic rings. The van der Waals surface area contributed by atoms with E-state index < -0.39 is 11.7 Å². The molecule has 232 valence electrons. The SMILES string of the molecule is CC(=O)[C@@H](OC(C)(C)C)c1c(C)ncc(-c2ccc(N(C)CCOc3ccc(C)c(C)c3)nc2)c1N1CCC(C)(C)CC1. The van der Waals surface area contributed by atoms with Crippen molar-refractivity contribution in [3.8, 4) is 16.9 Å². The highest BCUT2D eigenvalue weighted by atomic mass is 16.5. The van der Waals surface area contributed by atoms with Crippen LogP contribution in [0.15, 0.2) is 42.7 Å². The molecule has 2 aromatic heterocycles. The average molecular weight is 587 g/mol. The lowest BCUT2D eigenvalue weighted by Gasteiger charge is -2.41. The fourth-order valence-electron chi connectivity index (χ4n) is 5.50. The van der Waals surface area contributed by atoms with Crippen LogP contribution < -0.4 is 14.5 Å². The first-order valence-electron chi connectivity index (χ1n) is 15.5. The molecule has 1 atom stereocenters. The number of rotatable bonds is 10. The zero-order valence-corrected chi connectivity index (χ0v) is 27.9. The minimum atomic E-state index is -0.701. The van der Waals surface area contributed by atoms with Crippen LogP contribution in [0.3, 0.4) is 0 Å². The van der Waals surface area contributed by atoms with Gasteiger partial charge in [0.15, 0.2) is 5.78 Å². The van der Waals surface area contributed by atoms with Crippen molar-refractivity contribution in [1.29, 1.82) is 0 Å². The standard InChI is InChI=1S/C36H50N4O3/c1-24-11-13-29(21-25(24)2)42-20-19-39(10)31-14-12-28(22-38-31)30-23-37-26(3)32(34(27(4)41)43-35(5,6)7)33(30)40-17-15-36(8,9)16-18-40/h11-14,21-23,34H,15-20H2,1-10H3/t34-/m1/s1. The molecule has 3 heterocycles. The van der Waals surface area contributed by atoms with Gasteiger partial charge in [0.2, 0.25) is 0 Å². The molecule has 0 spiro atoms. The summed E-state index contributed by atoms with van der Waals surface area (Å²) >= 11 is 0. The number of hydrogen-bond acceptors (Lipinski definition) is 7. The number of anilines is 2. The van der Waals surface area contributed by atoms with E-state index in [1.807, 2.05) is 59.3 Å². The highest BCUT2D eigenvalue weighted by molar-refractivity contribution is 5.89. The van der Waals surface area contributed by atoms with E-state index in [1.165, 1.54) is 11.1 Å². The number of hydrogen-bond donors (Lipinski definition) is 0. The molecule has 3 aromatic rings. The predicted octanol–water partition coefficient (Wildman–Crippen LogP) is 7.66. The molecule has 7 heteroatoms. The van der Waals surface area contributed by atoms with Gasteiger partial charge in [0, 0.05) is 54.9 Å². The van der Waals surface area contributed by atoms with Crippen molar-refractivity contribution >= 4 is 17.3 Å². The molecule has 0 N–H and O–H groups in total. The highest BCUT2D eigenvalue weighted by Crippen LogP contribution is 2.43. The molecular formula is C36H50N4O3. The first kappa shape index (κ1) is 32.5. The summed E-state index contributed by atoms with van der Waals surface area (Å²) in [7, 11) is 2.03. The minimum absolute atomic E-state index is 0.0197. The summed E-state index contributed by atoms with van der Waals surface area (Å²) in [6.45, 7) is 21.5. The van der Waals surface area contributed by atoms with E-state index in [9.17, 15) is 4.79 Å². The maximum absolute atomic E-state index is 13.1. The second-order valence-electron chi connectivity index (χ2n) is 13.8. The van der Waals surface area contributed by atoms with E-state index in [1.54, 1.807) is 6.92 Å². The van der Waals surface area contributed by atoms with Crippen LogP contribution >= 0.6 is 0 Å². The van der Waals surface area contributed by atoms with Gasteiger partial charge in [-0.2, -0.15) is 0 Å². The predicted molar refractivity (Wildman–Crippen MR) is 176 cm³/mol. The van der Waals surface area contributed by atoms with Crippen LogP contribution in [0.5, 0.6) is 5.75 Å². The van der Waals surface area contributed by atoms with Crippen LogP contribution in [0.2, 0.25) is 0 Å². The molecule has 0 amide bonds. The third-order valence-corrected chi connectivity index (χ3v) is 8.45. The van der Waals surface area contributed by atoms with Gasteiger partial charge in [-0.25, -0.2) is 4.98 Å². The number of Topliss-reactive ketones (excluding diaryl/α,β-unsaturated/α-hetero) is 1. The van der Waals surface area contributed by atoms with Crippen LogP contribution in [0.25, 0.3) is 11.1 Å². The number of aryl methyl sites for hydroxylation is 3. The number of nitrogens with zero attached hydrogens (tertiary/aromatic N) is 4. The molecule has 0 saturated carbocycles. The molecule has 1 aromatic carbocycles. The number of pyridine rings is 2. The van der Waals surface area contributed by atoms with Crippen LogP contribution in [-0.2, 0) is 9.53 Å². The third kappa shape index (κ3) is 8.14. The first-order chi connectivity index (χ1) is 20.1. The van der Waals surface area contributed by atoms with Crippen LogP contribution in [0.4, 0.5) is 11.5 Å². The van der Waals surface area contributed by atoms with Crippen molar-refractivity contribution in [3.05, 3.63) is 65.1 Å². The van der Waals surface area contributed by atoms with E-state index in [4.69, 9.17) is 19.4 Å². The molecule has 0 radical (unpaired) electrons. The normalized spacial score (nSPS) is 15.7. The summed E-state index contributed by atoms with van der Waals surface area (Å²) in [5.41, 5.74) is 6.95. The Bertz CT molecular complexity index is 1420. The van der Waals surface area contributed by atoms with Gasteiger partial charge >= 0.3 is 0 Å². The zero-order chi connectivity index (χ0) is 31.5. The Morgan fingerprint density at radius 3 is 2.30 bits per heavy atom. The Hall–Kier alpha value is -3.45. The minimum Gasteiger partial charge on any atom is -0.492 e. The molecule has 43 heavy (non-hydrogen) atoms. The van der Waals surface area contributed by atoms with Gasteiger partial charge in [0.05, 0.1) is 17.8 Å². The quantitative estimate of drug-likeness (QED) is 0.242. The topological polar surface area (TPSA) is 67.8 Å². The summed E-state index contributed by atoms with van der Waals surface area (Å²) in [5, 5.41) is 0. The molecular weight excluding hydrogens is 536 g/mol.